The van der Waals surface area contributed by atoms with Crippen LogP contribution in [0.25, 0.3) is 0 Å². The van der Waals surface area contributed by atoms with E-state index >= 15 is 0 Å². The average Bonchev–Trinajstić information content (AvgIpc) is 2.02. The van der Waals surface area contributed by atoms with Crippen LogP contribution < -0.4 is 0 Å². The summed E-state index contributed by atoms with van der Waals surface area (Å²) < 4.78 is 4.87. The molecule has 0 radical (unpaired) electrons. The van der Waals surface area contributed by atoms with Gasteiger partial charge in [0.25, 0.3) is 0 Å². The molecule has 70 valence electrons. The first-order valence-electron chi connectivity index (χ1n) is 4.14. The van der Waals surface area contributed by atoms with Gasteiger partial charge in [0.05, 0.1) is 5.41 Å². The molecule has 0 fully saturated rings. The second kappa shape index (κ2) is 4.91. The van der Waals surface area contributed by atoms with Crippen LogP contribution in [0.3, 0.4) is 0 Å². The van der Waals surface area contributed by atoms with Crippen LogP contribution in [0.1, 0.15) is 33.6 Å². The first-order chi connectivity index (χ1) is 5.52. The molecule has 0 atom stereocenters. The number of carbonyl (C=O) groups is 2. The molecule has 0 saturated carbocycles. The van der Waals surface area contributed by atoms with Gasteiger partial charge in [-0.1, -0.05) is 6.92 Å². The molecule has 0 heterocycles. The smallest absolute Gasteiger partial charge is 0.305 e. The van der Waals surface area contributed by atoms with Gasteiger partial charge in [-0.15, -0.1) is 0 Å². The van der Waals surface area contributed by atoms with Crippen LogP contribution in [0, 0.1) is 5.41 Å². The Kier molecular flexibility index (Phi) is 4.55. The maximum Gasteiger partial charge on any atom is 0.305 e. The van der Waals surface area contributed by atoms with E-state index in [0.717, 1.165) is 12.7 Å². The lowest BCUT2D eigenvalue weighted by Gasteiger charge is -2.15. The van der Waals surface area contributed by atoms with Gasteiger partial charge >= 0.3 is 5.97 Å². The third-order valence-corrected chi connectivity index (χ3v) is 1.38. The van der Waals surface area contributed by atoms with Crippen molar-refractivity contribution in [1.82, 2.24) is 0 Å². The Bertz CT molecular complexity index is 161. The molecule has 0 N–H and O–H groups in total. The fourth-order valence-corrected chi connectivity index (χ4v) is 0.577. The minimum atomic E-state index is -0.552. The molecule has 0 amide bonds. The van der Waals surface area contributed by atoms with Crippen LogP contribution in [0.4, 0.5) is 0 Å². The summed E-state index contributed by atoms with van der Waals surface area (Å²) in [5.74, 6) is -0.229. The van der Waals surface area contributed by atoms with Crippen LogP contribution in [-0.2, 0) is 14.3 Å². The Balaban J connectivity index is 3.67. The van der Waals surface area contributed by atoms with Crippen LogP contribution in [-0.4, -0.2) is 18.9 Å². The monoisotopic (exact) mass is 172 g/mol. The molecule has 0 rings (SSSR count). The lowest BCUT2D eigenvalue weighted by Crippen LogP contribution is -2.23. The van der Waals surface area contributed by atoms with Crippen molar-refractivity contribution in [2.24, 2.45) is 5.41 Å². The third-order valence-electron chi connectivity index (χ3n) is 1.38. The normalized spacial score (nSPS) is 10.9. The predicted molar refractivity (Wildman–Crippen MR) is 45.7 cm³/mol. The van der Waals surface area contributed by atoms with Crippen molar-refractivity contribution in [3.8, 4) is 0 Å². The standard InChI is InChI=1S/C9H16O3/c1-4-5-8(11)12-7-9(2,3)6-10/h6H,4-5,7H2,1-3H3. The van der Waals surface area contributed by atoms with Crippen molar-refractivity contribution in [2.45, 2.75) is 33.6 Å². The van der Waals surface area contributed by atoms with Gasteiger partial charge in [0, 0.05) is 6.42 Å². The third kappa shape index (κ3) is 4.88. The second-order valence-corrected chi connectivity index (χ2v) is 3.52. The summed E-state index contributed by atoms with van der Waals surface area (Å²) >= 11 is 0. The molecule has 0 aliphatic carbocycles. The Labute approximate surface area is 73.1 Å². The lowest BCUT2D eigenvalue weighted by atomic mass is 9.98. The molecule has 12 heavy (non-hydrogen) atoms. The van der Waals surface area contributed by atoms with E-state index in [1.807, 2.05) is 6.92 Å². The van der Waals surface area contributed by atoms with E-state index in [2.05, 4.69) is 0 Å². The number of hydrogen-bond acceptors (Lipinski definition) is 3. The van der Waals surface area contributed by atoms with E-state index in [1.54, 1.807) is 13.8 Å². The van der Waals surface area contributed by atoms with Gasteiger partial charge in [0.15, 0.2) is 0 Å². The van der Waals surface area contributed by atoms with Crippen molar-refractivity contribution in [3.05, 3.63) is 0 Å². The molecule has 0 aliphatic rings. The van der Waals surface area contributed by atoms with Crippen molar-refractivity contribution in [1.29, 1.82) is 0 Å². The Morgan fingerprint density at radius 2 is 2.08 bits per heavy atom. The van der Waals surface area contributed by atoms with Crippen molar-refractivity contribution in [2.75, 3.05) is 6.61 Å². The summed E-state index contributed by atoms with van der Waals surface area (Å²) in [6.07, 6.45) is 2.00. The molecule has 0 bridgehead atoms. The molecule has 0 aromatic rings. The topological polar surface area (TPSA) is 43.4 Å². The molecule has 0 unspecified atom stereocenters. The Hall–Kier alpha value is -0.860. The van der Waals surface area contributed by atoms with Crippen molar-refractivity contribution in [3.63, 3.8) is 0 Å². The van der Waals surface area contributed by atoms with E-state index in [-0.39, 0.29) is 12.6 Å². The molecule has 0 aliphatic heterocycles. The van der Waals surface area contributed by atoms with Crippen molar-refractivity contribution >= 4 is 12.3 Å². The molecule has 3 nitrogen and oxygen atoms in total. The number of esters is 1. The molecular weight excluding hydrogens is 156 g/mol. The molecule has 0 saturated heterocycles. The zero-order valence-electron chi connectivity index (χ0n) is 7.92. The van der Waals surface area contributed by atoms with E-state index < -0.39 is 5.41 Å². The number of ether oxygens (including phenoxy) is 1. The molecule has 0 aromatic heterocycles. The van der Waals surface area contributed by atoms with Crippen molar-refractivity contribution < 1.29 is 14.3 Å². The summed E-state index contributed by atoms with van der Waals surface area (Å²) in [5.41, 5.74) is -0.552. The molecular formula is C9H16O3. The van der Waals surface area contributed by atoms with Gasteiger partial charge in [-0.05, 0) is 20.3 Å². The first kappa shape index (κ1) is 11.1. The van der Waals surface area contributed by atoms with Crippen LogP contribution in [0.15, 0.2) is 0 Å². The summed E-state index contributed by atoms with van der Waals surface area (Å²) in [7, 11) is 0. The quantitative estimate of drug-likeness (QED) is 0.467. The van der Waals surface area contributed by atoms with E-state index in [9.17, 15) is 9.59 Å². The van der Waals surface area contributed by atoms with Crippen LogP contribution in [0.5, 0.6) is 0 Å². The molecule has 3 heteroatoms. The summed E-state index contributed by atoms with van der Waals surface area (Å²) in [4.78, 5) is 21.3. The highest BCUT2D eigenvalue weighted by Gasteiger charge is 2.18. The lowest BCUT2D eigenvalue weighted by molar-refractivity contribution is -0.147. The number of hydrogen-bond donors (Lipinski definition) is 0. The summed E-state index contributed by atoms with van der Waals surface area (Å²) in [5, 5.41) is 0. The fraction of sp³-hybridized carbons (Fsp3) is 0.778. The fourth-order valence-electron chi connectivity index (χ4n) is 0.577. The number of aldehydes is 1. The molecule has 0 spiro atoms. The van der Waals surface area contributed by atoms with Crippen LogP contribution in [0.2, 0.25) is 0 Å². The van der Waals surface area contributed by atoms with Gasteiger partial charge in [-0.3, -0.25) is 4.79 Å². The maximum atomic E-state index is 10.9. The predicted octanol–water partition coefficient (Wildman–Crippen LogP) is 1.55. The van der Waals surface area contributed by atoms with E-state index in [0.29, 0.717) is 6.42 Å². The zero-order chi connectivity index (χ0) is 9.61. The summed E-state index contributed by atoms with van der Waals surface area (Å²) in [6.45, 7) is 5.56. The van der Waals surface area contributed by atoms with Gasteiger partial charge in [-0.25, -0.2) is 0 Å². The van der Waals surface area contributed by atoms with E-state index in [1.165, 1.54) is 0 Å². The largest absolute Gasteiger partial charge is 0.465 e. The minimum absolute atomic E-state index is 0.176. The van der Waals surface area contributed by atoms with Gasteiger partial charge in [-0.2, -0.15) is 0 Å². The summed E-state index contributed by atoms with van der Waals surface area (Å²) in [6, 6.07) is 0. The zero-order valence-corrected chi connectivity index (χ0v) is 7.92. The Morgan fingerprint density at radius 3 is 2.50 bits per heavy atom. The SMILES string of the molecule is CCCC(=O)OCC(C)(C)C=O. The first-order valence-corrected chi connectivity index (χ1v) is 4.14. The molecule has 0 aromatic carbocycles. The van der Waals surface area contributed by atoms with Crippen LogP contribution >= 0.6 is 0 Å². The van der Waals surface area contributed by atoms with Gasteiger partial charge in [0.1, 0.15) is 12.9 Å². The second-order valence-electron chi connectivity index (χ2n) is 3.52. The Morgan fingerprint density at radius 1 is 1.50 bits per heavy atom. The van der Waals surface area contributed by atoms with E-state index in [4.69, 9.17) is 4.74 Å². The average molecular weight is 172 g/mol. The highest BCUT2D eigenvalue weighted by atomic mass is 16.5. The number of rotatable bonds is 5. The highest BCUT2D eigenvalue weighted by molar-refractivity contribution is 5.69. The highest BCUT2D eigenvalue weighted by Crippen LogP contribution is 2.11. The minimum Gasteiger partial charge on any atom is -0.465 e. The maximum absolute atomic E-state index is 10.9. The number of carbonyl (C=O) groups excluding carboxylic acids is 2. The van der Waals surface area contributed by atoms with Gasteiger partial charge < -0.3 is 9.53 Å². The van der Waals surface area contributed by atoms with Gasteiger partial charge in [0.2, 0.25) is 0 Å².